The van der Waals surface area contributed by atoms with E-state index < -0.39 is 5.82 Å². The van der Waals surface area contributed by atoms with Crippen molar-refractivity contribution in [1.82, 2.24) is 9.97 Å². The number of hydrogen-bond donors (Lipinski definition) is 1. The van der Waals surface area contributed by atoms with Gasteiger partial charge in [-0.15, -0.1) is 11.6 Å². The highest BCUT2D eigenvalue weighted by molar-refractivity contribution is 6.31. The zero-order valence-corrected chi connectivity index (χ0v) is 10.0. The Morgan fingerprint density at radius 1 is 1.35 bits per heavy atom. The molecule has 88 valence electrons. The summed E-state index contributed by atoms with van der Waals surface area (Å²) in [6, 6.07) is 5.40. The van der Waals surface area contributed by atoms with Gasteiger partial charge >= 0.3 is 0 Å². The van der Waals surface area contributed by atoms with Crippen LogP contribution in [0.5, 0.6) is 0 Å². The van der Waals surface area contributed by atoms with Crippen molar-refractivity contribution in [2.75, 3.05) is 0 Å². The van der Waals surface area contributed by atoms with Gasteiger partial charge in [0.15, 0.2) is 0 Å². The summed E-state index contributed by atoms with van der Waals surface area (Å²) in [6.07, 6.45) is 0. The molecule has 1 aromatic heterocycles. The van der Waals surface area contributed by atoms with Crippen molar-refractivity contribution in [3.05, 3.63) is 51.2 Å². The Bertz CT molecular complexity index is 613. The number of rotatable bonds is 2. The minimum absolute atomic E-state index is 0.0265. The summed E-state index contributed by atoms with van der Waals surface area (Å²) in [5.74, 6) is -0.0763. The Labute approximate surface area is 106 Å². The number of aromatic amines is 1. The normalized spacial score (nSPS) is 10.5. The van der Waals surface area contributed by atoms with Gasteiger partial charge in [-0.05, 0) is 18.2 Å². The van der Waals surface area contributed by atoms with Crippen LogP contribution in [0.2, 0.25) is 5.02 Å². The Morgan fingerprint density at radius 2 is 2.12 bits per heavy atom. The molecule has 0 spiro atoms. The van der Waals surface area contributed by atoms with Crippen LogP contribution in [0.4, 0.5) is 4.39 Å². The molecule has 0 unspecified atom stereocenters. The molecule has 0 bridgehead atoms. The Kier molecular flexibility index (Phi) is 3.45. The van der Waals surface area contributed by atoms with Crippen LogP contribution in [-0.4, -0.2) is 9.97 Å². The lowest BCUT2D eigenvalue weighted by atomic mass is 10.2. The second kappa shape index (κ2) is 4.85. The quantitative estimate of drug-likeness (QED) is 0.855. The van der Waals surface area contributed by atoms with Gasteiger partial charge in [-0.25, -0.2) is 9.37 Å². The third-order valence-corrected chi connectivity index (χ3v) is 2.69. The van der Waals surface area contributed by atoms with Gasteiger partial charge in [0.1, 0.15) is 11.6 Å². The maximum atomic E-state index is 13.0. The summed E-state index contributed by atoms with van der Waals surface area (Å²) in [7, 11) is 0. The summed E-state index contributed by atoms with van der Waals surface area (Å²) in [5.41, 5.74) is 0.664. The topological polar surface area (TPSA) is 45.8 Å². The molecular weight excluding hydrogens is 266 g/mol. The van der Waals surface area contributed by atoms with Gasteiger partial charge in [0.05, 0.1) is 16.6 Å². The summed E-state index contributed by atoms with van der Waals surface area (Å²) in [6.45, 7) is 0. The van der Waals surface area contributed by atoms with Gasteiger partial charge in [0.2, 0.25) is 0 Å². The van der Waals surface area contributed by atoms with Crippen LogP contribution in [0.1, 0.15) is 5.69 Å². The molecular formula is C11H7Cl2FN2O. The number of nitrogens with zero attached hydrogens (tertiary/aromatic N) is 1. The molecule has 0 aliphatic carbocycles. The summed E-state index contributed by atoms with van der Waals surface area (Å²) >= 11 is 11.3. The lowest BCUT2D eigenvalue weighted by Crippen LogP contribution is -2.09. The van der Waals surface area contributed by atoms with E-state index in [1.165, 1.54) is 24.3 Å². The minimum atomic E-state index is -0.522. The molecule has 3 nitrogen and oxygen atoms in total. The second-order valence-electron chi connectivity index (χ2n) is 3.35. The van der Waals surface area contributed by atoms with Gasteiger partial charge < -0.3 is 4.98 Å². The predicted molar refractivity (Wildman–Crippen MR) is 64.8 cm³/mol. The second-order valence-corrected chi connectivity index (χ2v) is 4.02. The van der Waals surface area contributed by atoms with Crippen LogP contribution in [0.15, 0.2) is 29.1 Å². The number of nitrogens with one attached hydrogen (secondary N) is 1. The van der Waals surface area contributed by atoms with Gasteiger partial charge in [0, 0.05) is 11.6 Å². The van der Waals surface area contributed by atoms with Crippen LogP contribution < -0.4 is 5.56 Å². The largest absolute Gasteiger partial charge is 0.307 e. The number of hydrogen-bond acceptors (Lipinski definition) is 2. The molecule has 0 fully saturated rings. The smallest absolute Gasteiger partial charge is 0.251 e. The van der Waals surface area contributed by atoms with Gasteiger partial charge in [-0.3, -0.25) is 4.79 Å². The molecule has 2 rings (SSSR count). The van der Waals surface area contributed by atoms with E-state index in [0.29, 0.717) is 17.1 Å². The van der Waals surface area contributed by atoms with Crippen molar-refractivity contribution in [1.29, 1.82) is 0 Å². The fourth-order valence-electron chi connectivity index (χ4n) is 1.36. The van der Waals surface area contributed by atoms with Gasteiger partial charge in [-0.2, -0.15) is 0 Å². The molecule has 0 atom stereocenters. The maximum absolute atomic E-state index is 13.0. The highest BCUT2D eigenvalue weighted by Crippen LogP contribution is 2.21. The number of alkyl halides is 1. The fourth-order valence-corrected chi connectivity index (χ4v) is 1.67. The molecule has 0 saturated heterocycles. The van der Waals surface area contributed by atoms with E-state index in [0.717, 1.165) is 0 Å². The average Bonchev–Trinajstić information content (AvgIpc) is 2.32. The zero-order valence-electron chi connectivity index (χ0n) is 8.51. The molecule has 0 aliphatic heterocycles. The van der Waals surface area contributed by atoms with E-state index in [9.17, 15) is 9.18 Å². The highest BCUT2D eigenvalue weighted by Gasteiger charge is 2.06. The molecule has 0 radical (unpaired) electrons. The SMILES string of the molecule is O=c1cc(CCl)nc(-c2ccc(F)c(Cl)c2)[nH]1. The number of aromatic nitrogens is 2. The molecule has 6 heteroatoms. The molecule has 0 saturated carbocycles. The number of benzene rings is 1. The highest BCUT2D eigenvalue weighted by atomic mass is 35.5. The third kappa shape index (κ3) is 2.65. The Hall–Kier alpha value is -1.39. The molecule has 1 heterocycles. The minimum Gasteiger partial charge on any atom is -0.307 e. The van der Waals surface area contributed by atoms with Crippen molar-refractivity contribution < 1.29 is 4.39 Å². The van der Waals surface area contributed by atoms with Crippen LogP contribution in [0.25, 0.3) is 11.4 Å². The molecule has 1 aromatic carbocycles. The van der Waals surface area contributed by atoms with Crippen LogP contribution in [0, 0.1) is 5.82 Å². The summed E-state index contributed by atoms with van der Waals surface area (Å²) < 4.78 is 13.0. The molecule has 0 amide bonds. The molecule has 2 aromatic rings. The lowest BCUT2D eigenvalue weighted by molar-refractivity contribution is 0.628. The third-order valence-electron chi connectivity index (χ3n) is 2.12. The molecule has 1 N–H and O–H groups in total. The first-order valence-electron chi connectivity index (χ1n) is 4.72. The van der Waals surface area contributed by atoms with Gasteiger partial charge in [-0.1, -0.05) is 11.6 Å². The first-order chi connectivity index (χ1) is 8.10. The monoisotopic (exact) mass is 272 g/mol. The van der Waals surface area contributed by atoms with Crippen LogP contribution in [0.3, 0.4) is 0 Å². The number of H-pyrrole nitrogens is 1. The molecule has 17 heavy (non-hydrogen) atoms. The Balaban J connectivity index is 2.55. The van der Waals surface area contributed by atoms with Crippen LogP contribution >= 0.6 is 23.2 Å². The predicted octanol–water partition coefficient (Wildman–Crippen LogP) is 2.97. The van der Waals surface area contributed by atoms with E-state index in [4.69, 9.17) is 23.2 Å². The van der Waals surface area contributed by atoms with Crippen LogP contribution in [-0.2, 0) is 5.88 Å². The van der Waals surface area contributed by atoms with Crippen molar-refractivity contribution in [2.24, 2.45) is 0 Å². The van der Waals surface area contributed by atoms with Crippen molar-refractivity contribution in [3.8, 4) is 11.4 Å². The lowest BCUT2D eigenvalue weighted by Gasteiger charge is -2.03. The summed E-state index contributed by atoms with van der Waals surface area (Å²) in [5, 5.41) is -0.0265. The Morgan fingerprint density at radius 3 is 2.76 bits per heavy atom. The van der Waals surface area contributed by atoms with E-state index in [1.807, 2.05) is 0 Å². The van der Waals surface area contributed by atoms with E-state index in [-0.39, 0.29) is 16.5 Å². The standard InChI is InChI=1S/C11H7Cl2FN2O/c12-5-7-4-10(17)16-11(15-7)6-1-2-9(14)8(13)3-6/h1-4H,5H2,(H,15,16,17). The van der Waals surface area contributed by atoms with Gasteiger partial charge in [0.25, 0.3) is 5.56 Å². The van der Waals surface area contributed by atoms with Crippen molar-refractivity contribution in [3.63, 3.8) is 0 Å². The first kappa shape index (κ1) is 12.1. The fraction of sp³-hybridized carbons (Fsp3) is 0.0909. The zero-order chi connectivity index (χ0) is 12.4. The first-order valence-corrected chi connectivity index (χ1v) is 5.63. The number of halogens is 3. The average molecular weight is 273 g/mol. The maximum Gasteiger partial charge on any atom is 0.251 e. The van der Waals surface area contributed by atoms with E-state index in [1.54, 1.807) is 0 Å². The van der Waals surface area contributed by atoms with Crippen molar-refractivity contribution in [2.45, 2.75) is 5.88 Å². The molecule has 0 aliphatic rings. The van der Waals surface area contributed by atoms with E-state index in [2.05, 4.69) is 9.97 Å². The van der Waals surface area contributed by atoms with Crippen molar-refractivity contribution >= 4 is 23.2 Å². The van der Waals surface area contributed by atoms with E-state index >= 15 is 0 Å². The summed E-state index contributed by atoms with van der Waals surface area (Å²) in [4.78, 5) is 18.0.